The second kappa shape index (κ2) is 11.0. The number of hydrogen-bond donors (Lipinski definition) is 3. The van der Waals surface area contributed by atoms with E-state index in [4.69, 9.17) is 9.73 Å². The van der Waals surface area contributed by atoms with Crippen LogP contribution in [0.15, 0.2) is 23.2 Å². The van der Waals surface area contributed by atoms with E-state index in [2.05, 4.69) is 36.3 Å². The van der Waals surface area contributed by atoms with E-state index in [1.165, 1.54) is 6.54 Å². The number of nitrogens with one attached hydrogen (secondary N) is 2. The molecule has 0 saturated carbocycles. The molecule has 2 rings (SSSR count). The number of likely N-dealkylation sites (tertiary alicyclic amines) is 1. The summed E-state index contributed by atoms with van der Waals surface area (Å²) < 4.78 is 5.46. The number of benzene rings is 1. The highest BCUT2D eigenvalue weighted by molar-refractivity contribution is 5.80. The van der Waals surface area contributed by atoms with Gasteiger partial charge in [0.05, 0.1) is 13.2 Å². The van der Waals surface area contributed by atoms with Crippen LogP contribution in [-0.4, -0.2) is 54.8 Å². The summed E-state index contributed by atoms with van der Waals surface area (Å²) in [6, 6.07) is 5.87. The molecule has 0 aromatic heterocycles. The average Bonchev–Trinajstić information content (AvgIpc) is 2.63. The molecule has 1 aliphatic heterocycles. The number of ether oxygens (including phenoxy) is 1. The third-order valence-electron chi connectivity index (χ3n) is 4.64. The first-order valence-electron chi connectivity index (χ1n) is 10.2. The summed E-state index contributed by atoms with van der Waals surface area (Å²) in [4.78, 5) is 7.27. The summed E-state index contributed by atoms with van der Waals surface area (Å²) in [5.74, 6) is 2.26. The van der Waals surface area contributed by atoms with Crippen LogP contribution in [0.2, 0.25) is 0 Å². The Balaban J connectivity index is 1.92. The molecule has 152 valence electrons. The number of piperidine rings is 1. The molecule has 1 heterocycles. The summed E-state index contributed by atoms with van der Waals surface area (Å²) in [6.07, 6.45) is 2.29. The molecular formula is C21H36N4O2. The van der Waals surface area contributed by atoms with E-state index in [1.807, 2.05) is 19.1 Å². The highest BCUT2D eigenvalue weighted by Gasteiger charge is 2.20. The number of hydrogen-bond acceptors (Lipinski definition) is 4. The smallest absolute Gasteiger partial charge is 0.191 e. The van der Waals surface area contributed by atoms with Gasteiger partial charge in [-0.2, -0.15) is 0 Å². The number of phenolic OH excluding ortho intramolecular Hbond substituents is 1. The molecule has 0 aliphatic carbocycles. The lowest BCUT2D eigenvalue weighted by Gasteiger charge is -2.34. The molecule has 6 heteroatoms. The van der Waals surface area contributed by atoms with Gasteiger partial charge >= 0.3 is 0 Å². The fourth-order valence-corrected chi connectivity index (χ4v) is 3.39. The SMILES string of the molecule is CCNC(=NCc1ccc(O)c(OCC)c1)NC1CCN(CC(C)C)CC1. The maximum absolute atomic E-state index is 9.83. The fourth-order valence-electron chi connectivity index (χ4n) is 3.39. The quantitative estimate of drug-likeness (QED) is 0.481. The van der Waals surface area contributed by atoms with Gasteiger partial charge in [-0.05, 0) is 50.3 Å². The van der Waals surface area contributed by atoms with Crippen molar-refractivity contribution in [1.29, 1.82) is 0 Å². The van der Waals surface area contributed by atoms with Crippen LogP contribution in [-0.2, 0) is 6.54 Å². The minimum atomic E-state index is 0.169. The molecule has 0 atom stereocenters. The minimum Gasteiger partial charge on any atom is -0.504 e. The lowest BCUT2D eigenvalue weighted by Crippen LogP contribution is -2.49. The van der Waals surface area contributed by atoms with Crippen LogP contribution in [0.3, 0.4) is 0 Å². The van der Waals surface area contributed by atoms with Gasteiger partial charge in [-0.1, -0.05) is 19.9 Å². The number of phenols is 1. The van der Waals surface area contributed by atoms with Crippen molar-refractivity contribution in [3.8, 4) is 11.5 Å². The van der Waals surface area contributed by atoms with Crippen molar-refractivity contribution in [3.63, 3.8) is 0 Å². The standard InChI is InChI=1S/C21H36N4O2/c1-5-22-21(24-18-9-11-25(12-10-18)15-16(3)4)23-14-17-7-8-19(26)20(13-17)27-6-2/h7-8,13,16,18,26H,5-6,9-12,14-15H2,1-4H3,(H2,22,23,24). The van der Waals surface area contributed by atoms with Gasteiger partial charge in [-0.15, -0.1) is 0 Å². The molecule has 1 aliphatic rings. The molecule has 1 aromatic rings. The maximum atomic E-state index is 9.83. The predicted molar refractivity (Wildman–Crippen MR) is 112 cm³/mol. The molecule has 0 unspecified atom stereocenters. The van der Waals surface area contributed by atoms with Crippen molar-refractivity contribution < 1.29 is 9.84 Å². The number of nitrogens with zero attached hydrogens (tertiary/aromatic N) is 2. The van der Waals surface area contributed by atoms with Gasteiger partial charge in [0.25, 0.3) is 0 Å². The lowest BCUT2D eigenvalue weighted by molar-refractivity contribution is 0.187. The summed E-state index contributed by atoms with van der Waals surface area (Å²) in [7, 11) is 0. The van der Waals surface area contributed by atoms with E-state index < -0.39 is 0 Å². The monoisotopic (exact) mass is 376 g/mol. The first-order valence-corrected chi connectivity index (χ1v) is 10.2. The first kappa shape index (κ1) is 21.4. The van der Waals surface area contributed by atoms with Crippen molar-refractivity contribution in [2.24, 2.45) is 10.9 Å². The molecule has 1 fully saturated rings. The zero-order valence-corrected chi connectivity index (χ0v) is 17.3. The Labute approximate surface area is 164 Å². The van der Waals surface area contributed by atoms with E-state index in [1.54, 1.807) is 6.07 Å². The van der Waals surface area contributed by atoms with Gasteiger partial charge in [-0.25, -0.2) is 4.99 Å². The number of rotatable bonds is 8. The summed E-state index contributed by atoms with van der Waals surface area (Å²) >= 11 is 0. The topological polar surface area (TPSA) is 69.1 Å². The Morgan fingerprint density at radius 3 is 2.67 bits per heavy atom. The highest BCUT2D eigenvalue weighted by atomic mass is 16.5. The predicted octanol–water partition coefficient (Wildman–Crippen LogP) is 2.97. The zero-order chi connectivity index (χ0) is 19.6. The Bertz CT molecular complexity index is 596. The molecule has 27 heavy (non-hydrogen) atoms. The molecule has 6 nitrogen and oxygen atoms in total. The highest BCUT2D eigenvalue weighted by Crippen LogP contribution is 2.27. The van der Waals surface area contributed by atoms with E-state index in [0.717, 1.165) is 49.9 Å². The van der Waals surface area contributed by atoms with Gasteiger partial charge in [-0.3, -0.25) is 0 Å². The fraction of sp³-hybridized carbons (Fsp3) is 0.667. The van der Waals surface area contributed by atoms with E-state index in [0.29, 0.717) is 24.9 Å². The third kappa shape index (κ3) is 7.29. The van der Waals surface area contributed by atoms with E-state index in [-0.39, 0.29) is 5.75 Å². The van der Waals surface area contributed by atoms with Crippen LogP contribution in [0.5, 0.6) is 11.5 Å². The van der Waals surface area contributed by atoms with Crippen molar-refractivity contribution >= 4 is 5.96 Å². The number of aromatic hydroxyl groups is 1. The van der Waals surface area contributed by atoms with Crippen LogP contribution < -0.4 is 15.4 Å². The largest absolute Gasteiger partial charge is 0.504 e. The molecule has 1 aromatic carbocycles. The van der Waals surface area contributed by atoms with Gasteiger partial charge in [0.1, 0.15) is 0 Å². The van der Waals surface area contributed by atoms with Crippen molar-refractivity contribution in [3.05, 3.63) is 23.8 Å². The lowest BCUT2D eigenvalue weighted by atomic mass is 10.0. The molecule has 0 spiro atoms. The van der Waals surface area contributed by atoms with Gasteiger partial charge < -0.3 is 25.4 Å². The molecule has 1 saturated heterocycles. The number of guanidine groups is 1. The van der Waals surface area contributed by atoms with Crippen LogP contribution in [0.4, 0.5) is 0 Å². The van der Waals surface area contributed by atoms with Crippen molar-refractivity contribution in [2.75, 3.05) is 32.8 Å². The maximum Gasteiger partial charge on any atom is 0.191 e. The summed E-state index contributed by atoms with van der Waals surface area (Å²) in [5.41, 5.74) is 1.01. The zero-order valence-electron chi connectivity index (χ0n) is 17.3. The van der Waals surface area contributed by atoms with Crippen molar-refractivity contribution in [2.45, 2.75) is 53.1 Å². The van der Waals surface area contributed by atoms with E-state index >= 15 is 0 Å². The Kier molecular flexibility index (Phi) is 8.72. The molecule has 3 N–H and O–H groups in total. The Hall–Kier alpha value is -1.95. The Morgan fingerprint density at radius 2 is 2.04 bits per heavy atom. The second-order valence-corrected chi connectivity index (χ2v) is 7.54. The normalized spacial score (nSPS) is 16.6. The van der Waals surface area contributed by atoms with Gasteiger partial charge in [0, 0.05) is 32.2 Å². The van der Waals surface area contributed by atoms with Crippen LogP contribution >= 0.6 is 0 Å². The van der Waals surface area contributed by atoms with Gasteiger partial charge in [0.2, 0.25) is 0 Å². The van der Waals surface area contributed by atoms with Crippen molar-refractivity contribution in [1.82, 2.24) is 15.5 Å². The van der Waals surface area contributed by atoms with E-state index in [9.17, 15) is 5.11 Å². The Morgan fingerprint density at radius 1 is 1.30 bits per heavy atom. The van der Waals surface area contributed by atoms with Crippen LogP contribution in [0.25, 0.3) is 0 Å². The summed E-state index contributed by atoms with van der Waals surface area (Å²) in [6.45, 7) is 13.9. The average molecular weight is 377 g/mol. The number of aliphatic imine (C=N–C) groups is 1. The molecule has 0 amide bonds. The second-order valence-electron chi connectivity index (χ2n) is 7.54. The summed E-state index contributed by atoms with van der Waals surface area (Å²) in [5, 5.41) is 16.8. The third-order valence-corrected chi connectivity index (χ3v) is 4.64. The van der Waals surface area contributed by atoms with Gasteiger partial charge in [0.15, 0.2) is 17.5 Å². The van der Waals surface area contributed by atoms with Crippen LogP contribution in [0.1, 0.15) is 46.1 Å². The first-order chi connectivity index (χ1) is 13.0. The van der Waals surface area contributed by atoms with Crippen LogP contribution in [0, 0.1) is 5.92 Å². The molecule has 0 bridgehead atoms. The molecular weight excluding hydrogens is 340 g/mol. The minimum absolute atomic E-state index is 0.169. The molecule has 0 radical (unpaired) electrons.